The van der Waals surface area contributed by atoms with E-state index in [4.69, 9.17) is 0 Å². The zero-order valence-corrected chi connectivity index (χ0v) is 11.6. The van der Waals surface area contributed by atoms with Crippen molar-refractivity contribution in [2.24, 2.45) is 23.7 Å². The van der Waals surface area contributed by atoms with Gasteiger partial charge in [-0.05, 0) is 30.4 Å². The van der Waals surface area contributed by atoms with Crippen LogP contribution < -0.4 is 5.32 Å². The summed E-state index contributed by atoms with van der Waals surface area (Å²) < 4.78 is 13.6. The number of carbonyl (C=O) groups is 2. The SMILES string of the molecule is O=C(Nc1ccccc1F)C1=C(O)[C@@H]2[C@H](C1=O)[C@@H]1C=C[C@H]2C1. The number of aliphatic hydroxyl groups excluding tert-OH is 1. The number of allylic oxidation sites excluding steroid dienone is 3. The van der Waals surface area contributed by atoms with Gasteiger partial charge in [-0.15, -0.1) is 0 Å². The standard InChI is InChI=1S/C17H14FNO3/c18-10-3-1-2-4-11(10)19-17(22)14-15(20)12-8-5-6-9(7-8)13(12)16(14)21/h1-6,8-9,12-13,20H,7H2,(H,19,22)/t8-,9+,12-,13+/m0/s1. The van der Waals surface area contributed by atoms with E-state index in [2.05, 4.69) is 5.32 Å². The number of Topliss-reactive ketones (excluding diaryl/α,β-unsaturated/α-hetero) is 1. The maximum Gasteiger partial charge on any atom is 0.262 e. The molecule has 2 N–H and O–H groups in total. The van der Waals surface area contributed by atoms with Gasteiger partial charge < -0.3 is 10.4 Å². The lowest BCUT2D eigenvalue weighted by atomic mass is 9.84. The maximum atomic E-state index is 13.6. The highest BCUT2D eigenvalue weighted by Gasteiger charge is 2.56. The van der Waals surface area contributed by atoms with Crippen LogP contribution in [0.1, 0.15) is 6.42 Å². The van der Waals surface area contributed by atoms with Crippen LogP contribution in [-0.4, -0.2) is 16.8 Å². The molecular weight excluding hydrogens is 285 g/mol. The van der Waals surface area contributed by atoms with Crippen LogP contribution in [-0.2, 0) is 9.59 Å². The first kappa shape index (κ1) is 13.2. The fourth-order valence-corrected chi connectivity index (χ4v) is 3.99. The minimum Gasteiger partial charge on any atom is -0.511 e. The van der Waals surface area contributed by atoms with Gasteiger partial charge >= 0.3 is 0 Å². The zero-order valence-electron chi connectivity index (χ0n) is 11.6. The molecule has 22 heavy (non-hydrogen) atoms. The summed E-state index contributed by atoms with van der Waals surface area (Å²) >= 11 is 0. The molecule has 1 amide bonds. The van der Waals surface area contributed by atoms with E-state index in [9.17, 15) is 19.1 Å². The largest absolute Gasteiger partial charge is 0.511 e. The number of ketones is 1. The van der Waals surface area contributed by atoms with Crippen molar-refractivity contribution in [1.82, 2.24) is 0 Å². The molecule has 0 aromatic heterocycles. The highest BCUT2D eigenvalue weighted by molar-refractivity contribution is 6.26. The van der Waals surface area contributed by atoms with Crippen molar-refractivity contribution in [3.05, 3.63) is 53.6 Å². The molecule has 0 unspecified atom stereocenters. The summed E-state index contributed by atoms with van der Waals surface area (Å²) in [6, 6.07) is 5.73. The van der Waals surface area contributed by atoms with E-state index < -0.39 is 11.7 Å². The predicted molar refractivity (Wildman–Crippen MR) is 77.4 cm³/mol. The summed E-state index contributed by atoms with van der Waals surface area (Å²) in [5.74, 6) is -2.18. The summed E-state index contributed by atoms with van der Waals surface area (Å²) in [6.45, 7) is 0. The molecule has 0 spiro atoms. The number of rotatable bonds is 2. The normalized spacial score (nSPS) is 31.8. The molecule has 4 atom stereocenters. The number of anilines is 1. The molecule has 3 aliphatic rings. The highest BCUT2D eigenvalue weighted by atomic mass is 19.1. The van der Waals surface area contributed by atoms with Crippen LogP contribution in [0.5, 0.6) is 0 Å². The molecule has 0 saturated heterocycles. The minimum atomic E-state index is -0.735. The van der Waals surface area contributed by atoms with E-state index >= 15 is 0 Å². The Morgan fingerprint density at radius 1 is 1.18 bits per heavy atom. The number of hydrogen-bond acceptors (Lipinski definition) is 3. The lowest BCUT2D eigenvalue weighted by molar-refractivity contribution is -0.122. The van der Waals surface area contributed by atoms with Gasteiger partial charge in [-0.2, -0.15) is 0 Å². The van der Waals surface area contributed by atoms with Crippen LogP contribution in [0.3, 0.4) is 0 Å². The maximum absolute atomic E-state index is 13.6. The predicted octanol–water partition coefficient (Wildman–Crippen LogP) is 2.60. The van der Waals surface area contributed by atoms with Crippen molar-refractivity contribution in [3.63, 3.8) is 0 Å². The van der Waals surface area contributed by atoms with E-state index in [1.807, 2.05) is 12.2 Å². The van der Waals surface area contributed by atoms with Crippen LogP contribution in [0.25, 0.3) is 0 Å². The van der Waals surface area contributed by atoms with Gasteiger partial charge in [-0.25, -0.2) is 4.39 Å². The van der Waals surface area contributed by atoms with Gasteiger partial charge in [0.15, 0.2) is 5.78 Å². The number of halogens is 1. The average Bonchev–Trinajstić information content (AvgIpc) is 3.15. The molecule has 1 aromatic carbocycles. The van der Waals surface area contributed by atoms with Crippen LogP contribution in [0, 0.1) is 29.5 Å². The molecule has 4 rings (SSSR count). The Morgan fingerprint density at radius 3 is 2.55 bits per heavy atom. The van der Waals surface area contributed by atoms with Crippen molar-refractivity contribution in [3.8, 4) is 0 Å². The molecule has 0 heterocycles. The van der Waals surface area contributed by atoms with Gasteiger partial charge in [0.1, 0.15) is 17.1 Å². The lowest BCUT2D eigenvalue weighted by Crippen LogP contribution is -2.25. The Balaban J connectivity index is 1.64. The topological polar surface area (TPSA) is 66.4 Å². The number of aliphatic hydroxyl groups is 1. The molecule has 3 aliphatic carbocycles. The van der Waals surface area contributed by atoms with E-state index in [0.717, 1.165) is 6.42 Å². The highest BCUT2D eigenvalue weighted by Crippen LogP contribution is 2.55. The third kappa shape index (κ3) is 1.68. The summed E-state index contributed by atoms with van der Waals surface area (Å²) in [6.07, 6.45) is 4.86. The number of amides is 1. The number of para-hydroxylation sites is 1. The first-order chi connectivity index (χ1) is 10.6. The third-order valence-corrected chi connectivity index (χ3v) is 4.93. The number of benzene rings is 1. The summed E-state index contributed by atoms with van der Waals surface area (Å²) in [5.41, 5.74) is -0.213. The number of nitrogens with one attached hydrogen (secondary N) is 1. The molecule has 1 saturated carbocycles. The third-order valence-electron chi connectivity index (χ3n) is 4.93. The Labute approximate surface area is 126 Å². The number of carbonyl (C=O) groups excluding carboxylic acids is 2. The second-order valence-electron chi connectivity index (χ2n) is 6.06. The first-order valence-corrected chi connectivity index (χ1v) is 7.29. The van der Waals surface area contributed by atoms with E-state index in [1.54, 1.807) is 6.07 Å². The quantitative estimate of drug-likeness (QED) is 0.651. The number of fused-ring (bicyclic) bond motifs is 5. The first-order valence-electron chi connectivity index (χ1n) is 7.29. The zero-order chi connectivity index (χ0) is 15.4. The van der Waals surface area contributed by atoms with Gasteiger partial charge in [-0.3, -0.25) is 9.59 Å². The second kappa shape index (κ2) is 4.53. The van der Waals surface area contributed by atoms with Crippen LogP contribution in [0.4, 0.5) is 10.1 Å². The monoisotopic (exact) mass is 299 g/mol. The Morgan fingerprint density at radius 2 is 1.86 bits per heavy atom. The van der Waals surface area contributed by atoms with Crippen molar-refractivity contribution in [2.45, 2.75) is 6.42 Å². The molecule has 0 aliphatic heterocycles. The molecule has 2 bridgehead atoms. The Bertz CT molecular complexity index is 752. The van der Waals surface area contributed by atoms with Crippen molar-refractivity contribution < 1.29 is 19.1 Å². The van der Waals surface area contributed by atoms with Gasteiger partial charge in [-0.1, -0.05) is 24.3 Å². The molecule has 0 radical (unpaired) electrons. The van der Waals surface area contributed by atoms with E-state index in [-0.39, 0.29) is 46.5 Å². The number of hydrogen-bond donors (Lipinski definition) is 2. The second-order valence-corrected chi connectivity index (χ2v) is 6.06. The summed E-state index contributed by atoms with van der Waals surface area (Å²) in [5, 5.41) is 12.7. The Kier molecular flexibility index (Phi) is 2.73. The summed E-state index contributed by atoms with van der Waals surface area (Å²) in [7, 11) is 0. The van der Waals surface area contributed by atoms with Crippen molar-refractivity contribution in [2.75, 3.05) is 5.32 Å². The molecule has 112 valence electrons. The fraction of sp³-hybridized carbons (Fsp3) is 0.294. The average molecular weight is 299 g/mol. The smallest absolute Gasteiger partial charge is 0.262 e. The van der Waals surface area contributed by atoms with E-state index in [1.165, 1.54) is 18.2 Å². The van der Waals surface area contributed by atoms with Crippen LogP contribution >= 0.6 is 0 Å². The van der Waals surface area contributed by atoms with Gasteiger partial charge in [0.25, 0.3) is 5.91 Å². The van der Waals surface area contributed by atoms with Gasteiger partial charge in [0.2, 0.25) is 0 Å². The lowest BCUT2D eigenvalue weighted by Gasteiger charge is -2.18. The van der Waals surface area contributed by atoms with Crippen molar-refractivity contribution in [1.29, 1.82) is 0 Å². The van der Waals surface area contributed by atoms with Crippen LogP contribution in [0.2, 0.25) is 0 Å². The van der Waals surface area contributed by atoms with Crippen LogP contribution in [0.15, 0.2) is 47.7 Å². The van der Waals surface area contributed by atoms with E-state index in [0.29, 0.717) is 0 Å². The van der Waals surface area contributed by atoms with Gasteiger partial charge in [0, 0.05) is 11.8 Å². The molecular formula is C17H14FNO3. The van der Waals surface area contributed by atoms with Crippen molar-refractivity contribution >= 4 is 17.4 Å². The molecule has 4 nitrogen and oxygen atoms in total. The fourth-order valence-electron chi connectivity index (χ4n) is 3.99. The Hall–Kier alpha value is -2.43. The minimum absolute atomic E-state index is 0.00115. The summed E-state index contributed by atoms with van der Waals surface area (Å²) in [4.78, 5) is 24.8. The molecule has 5 heteroatoms. The molecule has 1 aromatic rings. The van der Waals surface area contributed by atoms with Gasteiger partial charge in [0.05, 0.1) is 5.69 Å². The molecule has 1 fully saturated rings.